The Kier molecular flexibility index (Phi) is 6.91. The largest absolute Gasteiger partial charge is 0.493 e. The molecule has 0 radical (unpaired) electrons. The van der Waals surface area contributed by atoms with Gasteiger partial charge in [0.05, 0.1) is 25.3 Å². The molecule has 1 N–H and O–H groups in total. The van der Waals surface area contributed by atoms with Crippen LogP contribution in [0.3, 0.4) is 0 Å². The molecule has 0 saturated carbocycles. The van der Waals surface area contributed by atoms with E-state index < -0.39 is 0 Å². The molecule has 25 heavy (non-hydrogen) atoms. The molecule has 2 rings (SSSR count). The summed E-state index contributed by atoms with van der Waals surface area (Å²) in [5.74, 6) is 1.14. The molecule has 1 atom stereocenters. The van der Waals surface area contributed by atoms with Crippen molar-refractivity contribution in [3.8, 4) is 11.5 Å². The number of thiophene rings is 1. The predicted octanol–water partition coefficient (Wildman–Crippen LogP) is 4.95. The molecule has 1 aromatic carbocycles. The van der Waals surface area contributed by atoms with Crippen LogP contribution in [0.25, 0.3) is 6.08 Å². The Morgan fingerprint density at radius 3 is 2.60 bits per heavy atom. The molecule has 2 aromatic rings. The topological polar surface area (TPSA) is 47.6 Å². The third-order valence-electron chi connectivity index (χ3n) is 3.70. The number of carbonyl (C=O) groups excluding carboxylic acids is 1. The number of hydrogen-bond donors (Lipinski definition) is 1. The van der Waals surface area contributed by atoms with E-state index in [0.29, 0.717) is 22.4 Å². The van der Waals surface area contributed by atoms with Crippen LogP contribution >= 0.6 is 22.9 Å². The van der Waals surface area contributed by atoms with Crippen molar-refractivity contribution >= 4 is 34.9 Å². The Hall–Kier alpha value is -1.98. The van der Waals surface area contributed by atoms with Gasteiger partial charge < -0.3 is 14.8 Å². The van der Waals surface area contributed by atoms with Gasteiger partial charge in [-0.05, 0) is 41.1 Å². The molecule has 0 aliphatic rings. The molecule has 1 amide bonds. The van der Waals surface area contributed by atoms with Gasteiger partial charge in [-0.25, -0.2) is 0 Å². The second kappa shape index (κ2) is 8.92. The highest BCUT2D eigenvalue weighted by atomic mass is 35.5. The van der Waals surface area contributed by atoms with Crippen molar-refractivity contribution in [2.24, 2.45) is 5.92 Å². The summed E-state index contributed by atoms with van der Waals surface area (Å²) in [6.07, 6.45) is 3.20. The molecule has 0 unspecified atom stereocenters. The van der Waals surface area contributed by atoms with E-state index >= 15 is 0 Å². The number of rotatable bonds is 7. The van der Waals surface area contributed by atoms with Crippen LogP contribution in [0.1, 0.15) is 30.3 Å². The lowest BCUT2D eigenvalue weighted by molar-refractivity contribution is -0.117. The number of benzene rings is 1. The zero-order valence-corrected chi connectivity index (χ0v) is 16.3. The van der Waals surface area contributed by atoms with E-state index in [1.54, 1.807) is 36.7 Å². The number of hydrogen-bond acceptors (Lipinski definition) is 4. The van der Waals surface area contributed by atoms with E-state index in [4.69, 9.17) is 21.1 Å². The van der Waals surface area contributed by atoms with Crippen molar-refractivity contribution in [2.45, 2.75) is 19.9 Å². The summed E-state index contributed by atoms with van der Waals surface area (Å²) < 4.78 is 10.5. The minimum atomic E-state index is -0.155. The van der Waals surface area contributed by atoms with Crippen LogP contribution in [0.5, 0.6) is 11.5 Å². The average Bonchev–Trinajstić information content (AvgIpc) is 3.11. The van der Waals surface area contributed by atoms with E-state index in [1.165, 1.54) is 13.2 Å². The van der Waals surface area contributed by atoms with E-state index in [0.717, 1.165) is 10.4 Å². The summed E-state index contributed by atoms with van der Waals surface area (Å²) in [7, 11) is 3.08. The van der Waals surface area contributed by atoms with E-state index in [1.807, 2.05) is 17.5 Å². The third-order valence-corrected chi connectivity index (χ3v) is 4.93. The van der Waals surface area contributed by atoms with Gasteiger partial charge in [-0.2, -0.15) is 0 Å². The molecule has 0 spiro atoms. The summed E-state index contributed by atoms with van der Waals surface area (Å²) in [5, 5.41) is 5.49. The summed E-state index contributed by atoms with van der Waals surface area (Å²) in [6.45, 7) is 4.17. The van der Waals surface area contributed by atoms with Crippen LogP contribution in [-0.2, 0) is 4.79 Å². The van der Waals surface area contributed by atoms with Crippen molar-refractivity contribution in [2.75, 3.05) is 14.2 Å². The van der Waals surface area contributed by atoms with Crippen LogP contribution in [0, 0.1) is 5.92 Å². The minimum absolute atomic E-state index is 0.00820. The van der Waals surface area contributed by atoms with E-state index in [9.17, 15) is 4.79 Å². The second-order valence-corrected chi connectivity index (χ2v) is 7.20. The van der Waals surface area contributed by atoms with Gasteiger partial charge in [-0.3, -0.25) is 4.79 Å². The van der Waals surface area contributed by atoms with E-state index in [2.05, 4.69) is 19.2 Å². The molecule has 6 heteroatoms. The normalized spacial score (nSPS) is 12.4. The van der Waals surface area contributed by atoms with Gasteiger partial charge in [0.15, 0.2) is 11.5 Å². The van der Waals surface area contributed by atoms with Gasteiger partial charge in [0.1, 0.15) is 0 Å². The average molecular weight is 380 g/mol. The Morgan fingerprint density at radius 2 is 2.04 bits per heavy atom. The standard InChI is InChI=1S/C19H22ClNO3S/c1-12(2)18(16-6-5-9-25-16)21-17(22)8-7-13-10-14(20)19(24-4)15(11-13)23-3/h5-12,18H,1-4H3,(H,21,22)/b8-7+/t18-/m0/s1. The number of carbonyl (C=O) groups is 1. The maximum Gasteiger partial charge on any atom is 0.244 e. The third kappa shape index (κ3) is 5.00. The lowest BCUT2D eigenvalue weighted by atomic mass is 10.0. The Balaban J connectivity index is 2.13. The van der Waals surface area contributed by atoms with Gasteiger partial charge in [0.2, 0.25) is 5.91 Å². The fourth-order valence-electron chi connectivity index (χ4n) is 2.44. The van der Waals surface area contributed by atoms with Crippen molar-refractivity contribution in [3.63, 3.8) is 0 Å². The molecule has 0 aliphatic heterocycles. The van der Waals surface area contributed by atoms with Gasteiger partial charge in [-0.1, -0.05) is 31.5 Å². The smallest absolute Gasteiger partial charge is 0.244 e. The van der Waals surface area contributed by atoms with Crippen LogP contribution in [0.4, 0.5) is 0 Å². The van der Waals surface area contributed by atoms with Crippen molar-refractivity contribution in [1.29, 1.82) is 0 Å². The fourth-order valence-corrected chi connectivity index (χ4v) is 3.69. The lowest BCUT2D eigenvalue weighted by Crippen LogP contribution is -2.29. The van der Waals surface area contributed by atoms with Gasteiger partial charge in [0.25, 0.3) is 0 Å². The van der Waals surface area contributed by atoms with Crippen molar-refractivity contribution < 1.29 is 14.3 Å². The first kappa shape index (κ1) is 19.3. The first-order valence-electron chi connectivity index (χ1n) is 7.89. The van der Waals surface area contributed by atoms with Crippen molar-refractivity contribution in [1.82, 2.24) is 5.32 Å². The molecule has 0 fully saturated rings. The number of halogens is 1. The van der Waals surface area contributed by atoms with Crippen LogP contribution < -0.4 is 14.8 Å². The quantitative estimate of drug-likeness (QED) is 0.692. The number of amides is 1. The summed E-state index contributed by atoms with van der Waals surface area (Å²) in [6, 6.07) is 7.52. The van der Waals surface area contributed by atoms with E-state index in [-0.39, 0.29) is 11.9 Å². The molecule has 0 saturated heterocycles. The SMILES string of the molecule is COc1cc(/C=C/C(=O)N[C@H](c2cccs2)C(C)C)cc(Cl)c1OC. The van der Waals surface area contributed by atoms with Crippen LogP contribution in [0.15, 0.2) is 35.7 Å². The molecule has 134 valence electrons. The zero-order valence-electron chi connectivity index (χ0n) is 14.7. The molecule has 0 bridgehead atoms. The number of nitrogens with one attached hydrogen (secondary N) is 1. The Labute approximate surface area is 157 Å². The van der Waals surface area contributed by atoms with Crippen molar-refractivity contribution in [3.05, 3.63) is 51.2 Å². The Bertz CT molecular complexity index is 741. The highest BCUT2D eigenvalue weighted by Crippen LogP contribution is 2.36. The first-order valence-corrected chi connectivity index (χ1v) is 9.15. The molecule has 4 nitrogen and oxygen atoms in total. The lowest BCUT2D eigenvalue weighted by Gasteiger charge is -2.20. The summed E-state index contributed by atoms with van der Waals surface area (Å²) in [5.41, 5.74) is 0.759. The van der Waals surface area contributed by atoms with Gasteiger partial charge in [0, 0.05) is 11.0 Å². The van der Waals surface area contributed by atoms with Crippen LogP contribution in [0.2, 0.25) is 5.02 Å². The highest BCUT2D eigenvalue weighted by molar-refractivity contribution is 7.10. The maximum absolute atomic E-state index is 12.3. The predicted molar refractivity (Wildman–Crippen MR) is 104 cm³/mol. The zero-order chi connectivity index (χ0) is 18.4. The molecule has 1 heterocycles. The van der Waals surface area contributed by atoms with Gasteiger partial charge >= 0.3 is 0 Å². The summed E-state index contributed by atoms with van der Waals surface area (Å²) >= 11 is 7.82. The minimum Gasteiger partial charge on any atom is -0.493 e. The van der Waals surface area contributed by atoms with Crippen LogP contribution in [-0.4, -0.2) is 20.1 Å². The Morgan fingerprint density at radius 1 is 1.28 bits per heavy atom. The number of ether oxygens (including phenoxy) is 2. The molecule has 1 aromatic heterocycles. The molecular formula is C19H22ClNO3S. The highest BCUT2D eigenvalue weighted by Gasteiger charge is 2.18. The monoisotopic (exact) mass is 379 g/mol. The second-order valence-electron chi connectivity index (χ2n) is 5.82. The molecule has 0 aliphatic carbocycles. The number of methoxy groups -OCH3 is 2. The molecular weight excluding hydrogens is 358 g/mol. The summed E-state index contributed by atoms with van der Waals surface area (Å²) in [4.78, 5) is 13.5. The fraction of sp³-hybridized carbons (Fsp3) is 0.316. The maximum atomic E-state index is 12.3. The first-order chi connectivity index (χ1) is 12.0. The van der Waals surface area contributed by atoms with Gasteiger partial charge in [-0.15, -0.1) is 11.3 Å².